The number of carbonyl (C=O) groups excluding carboxylic acids is 1. The molecule has 1 saturated heterocycles. The Balaban J connectivity index is 1.62. The number of aliphatic hydroxyl groups is 2. The van der Waals surface area contributed by atoms with Crippen molar-refractivity contribution in [3.63, 3.8) is 0 Å². The van der Waals surface area contributed by atoms with Crippen LogP contribution in [0.25, 0.3) is 0 Å². The van der Waals surface area contributed by atoms with Gasteiger partial charge in [-0.05, 0) is 18.2 Å². The largest absolute Gasteiger partial charge is 0.417 e. The van der Waals surface area contributed by atoms with Gasteiger partial charge in [0.2, 0.25) is 0 Å². The number of likely N-dealkylation sites (tertiary alicyclic amines) is 1. The van der Waals surface area contributed by atoms with Gasteiger partial charge in [0.25, 0.3) is 0 Å². The number of aliphatic hydroxyl groups excluding tert-OH is 2. The first-order valence-corrected chi connectivity index (χ1v) is 9.26. The zero-order chi connectivity index (χ0) is 22.8. The van der Waals surface area contributed by atoms with Gasteiger partial charge in [0, 0.05) is 43.9 Å². The number of aromatic nitrogens is 2. The molecular weight excluding hydrogens is 427 g/mol. The van der Waals surface area contributed by atoms with Gasteiger partial charge in [-0.3, -0.25) is 10.3 Å². The highest BCUT2D eigenvalue weighted by molar-refractivity contribution is 5.88. The van der Waals surface area contributed by atoms with Crippen molar-refractivity contribution in [2.24, 2.45) is 0 Å². The molecule has 0 spiro atoms. The van der Waals surface area contributed by atoms with Crippen LogP contribution in [0.2, 0.25) is 0 Å². The number of alkyl halides is 4. The second kappa shape index (κ2) is 8.71. The van der Waals surface area contributed by atoms with E-state index in [0.717, 1.165) is 24.4 Å². The van der Waals surface area contributed by atoms with Crippen LogP contribution in [0.1, 0.15) is 35.8 Å². The number of piperidine rings is 1. The van der Waals surface area contributed by atoms with Crippen molar-refractivity contribution in [1.29, 1.82) is 0 Å². The van der Waals surface area contributed by atoms with E-state index >= 15 is 4.39 Å². The highest BCUT2D eigenvalue weighted by Crippen LogP contribution is 2.38. The Kier molecular flexibility index (Phi) is 6.41. The van der Waals surface area contributed by atoms with E-state index in [2.05, 4.69) is 15.3 Å². The number of hydrogen-bond donors (Lipinski definition) is 3. The van der Waals surface area contributed by atoms with Gasteiger partial charge in [0.05, 0.1) is 12.2 Å². The highest BCUT2D eigenvalue weighted by Gasteiger charge is 2.41. The number of urea groups is 1. The number of nitrogens with one attached hydrogen (secondary N) is 1. The van der Waals surface area contributed by atoms with Crippen LogP contribution in [-0.4, -0.2) is 50.8 Å². The molecule has 0 saturated carbocycles. The minimum atomic E-state index is -4.55. The molecule has 3 N–H and O–H groups in total. The number of pyridine rings is 2. The number of hydrogen-bond acceptors (Lipinski definition) is 5. The van der Waals surface area contributed by atoms with Crippen molar-refractivity contribution in [3.8, 4) is 0 Å². The van der Waals surface area contributed by atoms with Crippen molar-refractivity contribution in [1.82, 2.24) is 14.9 Å². The van der Waals surface area contributed by atoms with Crippen LogP contribution in [0, 0.1) is 5.82 Å². The molecular formula is C19H19F5N4O3. The standard InChI is InChI=1S/C19H19F5N4O3/c20-13-7-11(14(30)10-29)8-26-16(13)18(21)3-5-28(6-4-18)17(31)27-15-2-1-12(9-25-15)19(22,23)24/h1-2,7-9,14,29-30H,3-6,10H2,(H,25,27,31)/t14-/m1/s1. The summed E-state index contributed by atoms with van der Waals surface area (Å²) in [5.41, 5.74) is -3.55. The summed E-state index contributed by atoms with van der Waals surface area (Å²) in [7, 11) is 0. The molecule has 2 aromatic heterocycles. The van der Waals surface area contributed by atoms with Crippen molar-refractivity contribution >= 4 is 11.8 Å². The monoisotopic (exact) mass is 446 g/mol. The van der Waals surface area contributed by atoms with E-state index in [0.29, 0.717) is 6.20 Å². The summed E-state index contributed by atoms with van der Waals surface area (Å²) in [6.07, 6.45) is -4.74. The Morgan fingerprint density at radius 2 is 1.90 bits per heavy atom. The van der Waals surface area contributed by atoms with Gasteiger partial charge in [-0.15, -0.1) is 0 Å². The smallest absolute Gasteiger partial charge is 0.393 e. The summed E-state index contributed by atoms with van der Waals surface area (Å²) < 4.78 is 67.4. The summed E-state index contributed by atoms with van der Waals surface area (Å²) in [5, 5.41) is 20.8. The van der Waals surface area contributed by atoms with Gasteiger partial charge in [-0.25, -0.2) is 18.6 Å². The SMILES string of the molecule is O=C(Nc1ccc(C(F)(F)F)cn1)N1CCC(F)(c2ncc([C@H](O)CO)cc2F)CC1. The molecule has 0 bridgehead atoms. The molecule has 1 aliphatic heterocycles. The van der Waals surface area contributed by atoms with Crippen LogP contribution >= 0.6 is 0 Å². The fourth-order valence-corrected chi connectivity index (χ4v) is 3.20. The Hall–Kier alpha value is -2.86. The average Bonchev–Trinajstić information content (AvgIpc) is 2.73. The van der Waals surface area contributed by atoms with Gasteiger partial charge in [-0.1, -0.05) is 0 Å². The molecule has 1 aliphatic rings. The van der Waals surface area contributed by atoms with Gasteiger partial charge >= 0.3 is 12.2 Å². The summed E-state index contributed by atoms with van der Waals surface area (Å²) in [5.74, 6) is -1.07. The van der Waals surface area contributed by atoms with E-state index in [-0.39, 0.29) is 37.3 Å². The minimum Gasteiger partial charge on any atom is -0.393 e. The molecule has 2 amide bonds. The molecule has 2 aromatic rings. The fraction of sp³-hybridized carbons (Fsp3) is 0.421. The highest BCUT2D eigenvalue weighted by atomic mass is 19.4. The van der Waals surface area contributed by atoms with E-state index in [4.69, 9.17) is 5.11 Å². The molecule has 0 unspecified atom stereocenters. The third-order valence-electron chi connectivity index (χ3n) is 5.01. The first kappa shape index (κ1) is 22.8. The van der Waals surface area contributed by atoms with E-state index in [1.54, 1.807) is 0 Å². The number of amides is 2. The Bertz CT molecular complexity index is 931. The van der Waals surface area contributed by atoms with Gasteiger partial charge in [-0.2, -0.15) is 13.2 Å². The van der Waals surface area contributed by atoms with E-state index in [1.165, 1.54) is 4.90 Å². The van der Waals surface area contributed by atoms with Crippen LogP contribution in [0.5, 0.6) is 0 Å². The van der Waals surface area contributed by atoms with Crippen LogP contribution in [0.4, 0.5) is 32.6 Å². The molecule has 0 aromatic carbocycles. The lowest BCUT2D eigenvalue weighted by molar-refractivity contribution is -0.137. The average molecular weight is 446 g/mol. The van der Waals surface area contributed by atoms with Crippen LogP contribution in [0.15, 0.2) is 30.6 Å². The molecule has 3 heterocycles. The van der Waals surface area contributed by atoms with E-state index in [1.807, 2.05) is 0 Å². The van der Waals surface area contributed by atoms with Gasteiger partial charge in [0.15, 0.2) is 5.67 Å². The molecule has 31 heavy (non-hydrogen) atoms. The lowest BCUT2D eigenvalue weighted by Gasteiger charge is -2.36. The van der Waals surface area contributed by atoms with Crippen molar-refractivity contribution in [2.75, 3.05) is 25.0 Å². The third-order valence-corrected chi connectivity index (χ3v) is 5.01. The molecule has 1 fully saturated rings. The predicted molar refractivity (Wildman–Crippen MR) is 98.1 cm³/mol. The maximum Gasteiger partial charge on any atom is 0.417 e. The fourth-order valence-electron chi connectivity index (χ4n) is 3.20. The zero-order valence-electron chi connectivity index (χ0n) is 16.0. The quantitative estimate of drug-likeness (QED) is 0.627. The normalized spacial score (nSPS) is 17.3. The molecule has 3 rings (SSSR count). The summed E-state index contributed by atoms with van der Waals surface area (Å²) in [6.45, 7) is -0.824. The molecule has 7 nitrogen and oxygen atoms in total. The maximum absolute atomic E-state index is 15.3. The van der Waals surface area contributed by atoms with Crippen molar-refractivity contribution < 1.29 is 37.0 Å². The Morgan fingerprint density at radius 1 is 1.23 bits per heavy atom. The van der Waals surface area contributed by atoms with Crippen LogP contribution < -0.4 is 5.32 Å². The zero-order valence-corrected chi connectivity index (χ0v) is 16.0. The van der Waals surface area contributed by atoms with Gasteiger partial charge in [0.1, 0.15) is 23.4 Å². The topological polar surface area (TPSA) is 98.6 Å². The van der Waals surface area contributed by atoms with Crippen LogP contribution in [0.3, 0.4) is 0 Å². The lowest BCUT2D eigenvalue weighted by Crippen LogP contribution is -2.45. The Morgan fingerprint density at radius 3 is 2.42 bits per heavy atom. The first-order chi connectivity index (χ1) is 14.5. The number of carbonyl (C=O) groups is 1. The van der Waals surface area contributed by atoms with E-state index in [9.17, 15) is 27.5 Å². The Labute approximate surface area is 173 Å². The maximum atomic E-state index is 15.3. The molecule has 168 valence electrons. The summed E-state index contributed by atoms with van der Waals surface area (Å²) in [6, 6.07) is 2.01. The lowest BCUT2D eigenvalue weighted by atomic mass is 9.89. The molecule has 12 heteroatoms. The number of nitrogens with zero attached hydrogens (tertiary/aromatic N) is 3. The molecule has 0 radical (unpaired) electrons. The molecule has 0 aliphatic carbocycles. The minimum absolute atomic E-state index is 0.00760. The molecule has 1 atom stereocenters. The third kappa shape index (κ3) is 5.07. The number of halogens is 5. The van der Waals surface area contributed by atoms with Crippen molar-refractivity contribution in [3.05, 3.63) is 53.2 Å². The second-order valence-electron chi connectivity index (χ2n) is 7.11. The number of anilines is 1. The second-order valence-corrected chi connectivity index (χ2v) is 7.11. The predicted octanol–water partition coefficient (Wildman–Crippen LogP) is 3.15. The van der Waals surface area contributed by atoms with Crippen LogP contribution in [-0.2, 0) is 11.8 Å². The number of rotatable bonds is 4. The van der Waals surface area contributed by atoms with Crippen molar-refractivity contribution in [2.45, 2.75) is 30.8 Å². The first-order valence-electron chi connectivity index (χ1n) is 9.26. The summed E-state index contributed by atoms with van der Waals surface area (Å²) >= 11 is 0. The summed E-state index contributed by atoms with van der Waals surface area (Å²) in [4.78, 5) is 20.9. The van der Waals surface area contributed by atoms with E-state index < -0.39 is 47.7 Å². The van der Waals surface area contributed by atoms with Gasteiger partial charge < -0.3 is 15.1 Å².